The lowest BCUT2D eigenvalue weighted by atomic mass is 10.3. The summed E-state index contributed by atoms with van der Waals surface area (Å²) in [5.74, 6) is 3.19. The number of hydrogen-bond acceptors (Lipinski definition) is 7. The summed E-state index contributed by atoms with van der Waals surface area (Å²) >= 11 is 0. The van der Waals surface area contributed by atoms with Gasteiger partial charge in [0.1, 0.15) is 29.3 Å². The van der Waals surface area contributed by atoms with Crippen LogP contribution in [0.25, 0.3) is 0 Å². The van der Waals surface area contributed by atoms with Crippen molar-refractivity contribution < 1.29 is 4.74 Å². The second-order valence-electron chi connectivity index (χ2n) is 6.39. The lowest BCUT2D eigenvalue weighted by Crippen LogP contribution is -2.05. The first-order chi connectivity index (χ1) is 14.2. The normalized spacial score (nSPS) is 10.4. The van der Waals surface area contributed by atoms with E-state index in [0.29, 0.717) is 23.1 Å². The first-order valence-corrected chi connectivity index (χ1v) is 9.07. The summed E-state index contributed by atoms with van der Waals surface area (Å²) in [5, 5.41) is 6.34. The molecule has 7 nitrogen and oxygen atoms in total. The van der Waals surface area contributed by atoms with E-state index in [0.717, 1.165) is 22.7 Å². The highest BCUT2D eigenvalue weighted by atomic mass is 16.5. The van der Waals surface area contributed by atoms with Crippen molar-refractivity contribution in [2.24, 2.45) is 0 Å². The van der Waals surface area contributed by atoms with Crippen LogP contribution in [-0.2, 0) is 0 Å². The molecule has 0 atom stereocenters. The summed E-state index contributed by atoms with van der Waals surface area (Å²) in [7, 11) is 0. The van der Waals surface area contributed by atoms with E-state index in [1.165, 1.54) is 6.33 Å². The van der Waals surface area contributed by atoms with Gasteiger partial charge in [0.2, 0.25) is 0 Å². The zero-order valence-corrected chi connectivity index (χ0v) is 15.8. The molecule has 2 aromatic carbocycles. The molecule has 0 aliphatic heterocycles. The molecule has 4 aromatic rings. The van der Waals surface area contributed by atoms with Crippen molar-refractivity contribution in [2.75, 3.05) is 16.4 Å². The van der Waals surface area contributed by atoms with Crippen LogP contribution in [0.15, 0.2) is 79.3 Å². The number of nitrogen functional groups attached to an aromatic ring is 1. The van der Waals surface area contributed by atoms with Crippen LogP contribution in [0.2, 0.25) is 0 Å². The van der Waals surface area contributed by atoms with E-state index in [2.05, 4.69) is 25.6 Å². The molecule has 0 radical (unpaired) electrons. The minimum absolute atomic E-state index is 0.403. The number of pyridine rings is 1. The van der Waals surface area contributed by atoms with Crippen LogP contribution in [0.3, 0.4) is 0 Å². The Morgan fingerprint density at radius 1 is 0.793 bits per heavy atom. The molecular formula is C22H20N6O. The fourth-order valence-corrected chi connectivity index (χ4v) is 2.69. The van der Waals surface area contributed by atoms with E-state index in [-0.39, 0.29) is 0 Å². The van der Waals surface area contributed by atoms with Gasteiger partial charge in [-0.05, 0) is 61.0 Å². The van der Waals surface area contributed by atoms with Crippen LogP contribution >= 0.6 is 0 Å². The Morgan fingerprint density at radius 2 is 1.48 bits per heavy atom. The van der Waals surface area contributed by atoms with Crippen molar-refractivity contribution in [2.45, 2.75) is 6.92 Å². The molecule has 2 heterocycles. The molecule has 0 saturated heterocycles. The van der Waals surface area contributed by atoms with E-state index in [4.69, 9.17) is 10.5 Å². The summed E-state index contributed by atoms with van der Waals surface area (Å²) in [6.45, 7) is 1.99. The average molecular weight is 384 g/mol. The van der Waals surface area contributed by atoms with Crippen molar-refractivity contribution in [1.29, 1.82) is 0 Å². The highest BCUT2D eigenvalue weighted by molar-refractivity contribution is 5.79. The number of nitrogens with zero attached hydrogens (tertiary/aromatic N) is 3. The zero-order valence-electron chi connectivity index (χ0n) is 15.8. The minimum atomic E-state index is 0.403. The molecule has 0 amide bonds. The number of benzene rings is 2. The lowest BCUT2D eigenvalue weighted by Gasteiger charge is -2.13. The molecule has 29 heavy (non-hydrogen) atoms. The average Bonchev–Trinajstić information content (AvgIpc) is 2.73. The molecule has 0 saturated carbocycles. The Kier molecular flexibility index (Phi) is 5.20. The molecular weight excluding hydrogens is 364 g/mol. The lowest BCUT2D eigenvalue weighted by molar-refractivity contribution is 0.483. The molecule has 7 heteroatoms. The molecule has 0 aliphatic rings. The predicted octanol–water partition coefficient (Wildman–Crippen LogP) is 5.04. The number of rotatable bonds is 6. The van der Waals surface area contributed by atoms with Gasteiger partial charge in [0.05, 0.1) is 0 Å². The summed E-state index contributed by atoms with van der Waals surface area (Å²) in [6.07, 6.45) is 3.18. The first kappa shape index (κ1) is 18.2. The SMILES string of the molecule is Cc1ccnc(Nc2ncnc(Nc3ccc(Oc4ccccc4)cc3)c2N)c1. The van der Waals surface area contributed by atoms with Gasteiger partial charge >= 0.3 is 0 Å². The van der Waals surface area contributed by atoms with Gasteiger partial charge in [-0.15, -0.1) is 0 Å². The fraction of sp³-hybridized carbons (Fsp3) is 0.0455. The monoisotopic (exact) mass is 384 g/mol. The van der Waals surface area contributed by atoms with Crippen LogP contribution in [0.1, 0.15) is 5.56 Å². The molecule has 2 aromatic heterocycles. The van der Waals surface area contributed by atoms with Gasteiger partial charge in [0.25, 0.3) is 0 Å². The number of nitrogens with one attached hydrogen (secondary N) is 2. The Hall–Kier alpha value is -4.13. The van der Waals surface area contributed by atoms with Gasteiger partial charge in [-0.25, -0.2) is 15.0 Å². The van der Waals surface area contributed by atoms with Gasteiger partial charge in [-0.2, -0.15) is 0 Å². The molecule has 0 bridgehead atoms. The van der Waals surface area contributed by atoms with Gasteiger partial charge in [0, 0.05) is 11.9 Å². The van der Waals surface area contributed by atoms with E-state index >= 15 is 0 Å². The van der Waals surface area contributed by atoms with E-state index in [1.807, 2.05) is 73.7 Å². The van der Waals surface area contributed by atoms with Crippen molar-refractivity contribution in [3.63, 3.8) is 0 Å². The highest BCUT2D eigenvalue weighted by Crippen LogP contribution is 2.29. The van der Waals surface area contributed by atoms with Crippen LogP contribution in [-0.4, -0.2) is 15.0 Å². The second-order valence-corrected chi connectivity index (χ2v) is 6.39. The number of hydrogen-bond donors (Lipinski definition) is 3. The van der Waals surface area contributed by atoms with Gasteiger partial charge < -0.3 is 21.1 Å². The first-order valence-electron chi connectivity index (χ1n) is 9.07. The summed E-state index contributed by atoms with van der Waals surface area (Å²) in [4.78, 5) is 12.7. The largest absolute Gasteiger partial charge is 0.457 e. The minimum Gasteiger partial charge on any atom is -0.457 e. The molecule has 0 aliphatic carbocycles. The maximum Gasteiger partial charge on any atom is 0.160 e. The quantitative estimate of drug-likeness (QED) is 0.428. The van der Waals surface area contributed by atoms with Gasteiger partial charge in [0.15, 0.2) is 11.6 Å². The smallest absolute Gasteiger partial charge is 0.160 e. The summed E-state index contributed by atoms with van der Waals surface area (Å²) in [6, 6.07) is 21.0. The number of ether oxygens (including phenoxy) is 1. The van der Waals surface area contributed by atoms with Crippen LogP contribution in [0.5, 0.6) is 11.5 Å². The maximum absolute atomic E-state index is 6.25. The van der Waals surface area contributed by atoms with E-state index in [1.54, 1.807) is 6.20 Å². The Labute approximate surface area is 168 Å². The van der Waals surface area contributed by atoms with Crippen molar-refractivity contribution in [1.82, 2.24) is 15.0 Å². The van der Waals surface area contributed by atoms with E-state index in [9.17, 15) is 0 Å². The zero-order chi connectivity index (χ0) is 20.1. The number of para-hydroxylation sites is 1. The molecule has 4 rings (SSSR count). The van der Waals surface area contributed by atoms with Crippen LogP contribution in [0, 0.1) is 6.92 Å². The Balaban J connectivity index is 1.48. The summed E-state index contributed by atoms with van der Waals surface area (Å²) in [5.41, 5.74) is 8.57. The van der Waals surface area contributed by atoms with Crippen molar-refractivity contribution in [3.8, 4) is 11.5 Å². The Bertz CT molecular complexity index is 1100. The number of aryl methyl sites for hydroxylation is 1. The second kappa shape index (κ2) is 8.26. The topological polar surface area (TPSA) is 98.0 Å². The van der Waals surface area contributed by atoms with Crippen LogP contribution in [0.4, 0.5) is 28.8 Å². The number of nitrogens with two attached hydrogens (primary N) is 1. The molecule has 144 valence electrons. The van der Waals surface area contributed by atoms with E-state index < -0.39 is 0 Å². The number of aromatic nitrogens is 3. The predicted molar refractivity (Wildman–Crippen MR) is 115 cm³/mol. The third kappa shape index (κ3) is 4.59. The molecule has 4 N–H and O–H groups in total. The third-order valence-corrected chi connectivity index (χ3v) is 4.14. The molecule has 0 spiro atoms. The molecule has 0 unspecified atom stereocenters. The third-order valence-electron chi connectivity index (χ3n) is 4.14. The molecule has 0 fully saturated rings. The van der Waals surface area contributed by atoms with Crippen molar-refractivity contribution in [3.05, 3.63) is 84.8 Å². The van der Waals surface area contributed by atoms with Crippen molar-refractivity contribution >= 4 is 28.8 Å². The highest BCUT2D eigenvalue weighted by Gasteiger charge is 2.09. The number of anilines is 5. The fourth-order valence-electron chi connectivity index (χ4n) is 2.69. The van der Waals surface area contributed by atoms with Gasteiger partial charge in [-0.3, -0.25) is 0 Å². The maximum atomic E-state index is 6.25. The standard InChI is InChI=1S/C22H20N6O/c1-15-11-12-24-19(13-15)28-22-20(23)21(25-14-26-22)27-16-7-9-18(10-8-16)29-17-5-3-2-4-6-17/h2-14H,23H2,1H3,(H2,24,25,26,27,28). The summed E-state index contributed by atoms with van der Waals surface area (Å²) < 4.78 is 5.81. The van der Waals surface area contributed by atoms with Gasteiger partial charge in [-0.1, -0.05) is 18.2 Å². The van der Waals surface area contributed by atoms with Crippen LogP contribution < -0.4 is 21.1 Å². The Morgan fingerprint density at radius 3 is 2.21 bits per heavy atom.